The number of piperazine rings is 1. The highest BCUT2D eigenvalue weighted by atomic mass is 15.3. The van der Waals surface area contributed by atoms with Crippen molar-refractivity contribution in [3.63, 3.8) is 0 Å². The maximum absolute atomic E-state index is 3.03. The van der Waals surface area contributed by atoms with Gasteiger partial charge in [-0.25, -0.2) is 0 Å². The molecule has 2 N–H and O–H groups in total. The third-order valence-electron chi connectivity index (χ3n) is 3.01. The molecule has 0 spiro atoms. The second kappa shape index (κ2) is 8.91. The van der Waals surface area contributed by atoms with Crippen LogP contribution < -0.4 is 10.9 Å². The van der Waals surface area contributed by atoms with E-state index >= 15 is 0 Å². The van der Waals surface area contributed by atoms with Crippen molar-refractivity contribution >= 4 is 0 Å². The van der Waals surface area contributed by atoms with Crippen molar-refractivity contribution in [2.75, 3.05) is 46.8 Å². The Balaban J connectivity index is 2.53. The van der Waals surface area contributed by atoms with Gasteiger partial charge in [0.25, 0.3) is 0 Å². The van der Waals surface area contributed by atoms with E-state index in [4.69, 9.17) is 0 Å². The summed E-state index contributed by atoms with van der Waals surface area (Å²) in [6.07, 6.45) is 10.7. The Bertz CT molecular complexity index is 299. The molecule has 102 valence electrons. The van der Waals surface area contributed by atoms with Crippen LogP contribution in [0.4, 0.5) is 0 Å². The summed E-state index contributed by atoms with van der Waals surface area (Å²) in [6, 6.07) is 0. The first-order chi connectivity index (χ1) is 8.77. The summed E-state index contributed by atoms with van der Waals surface area (Å²) in [5.41, 5.74) is 7.23. The van der Waals surface area contributed by atoms with Crippen molar-refractivity contribution in [3.8, 4) is 0 Å². The fraction of sp³-hybridized carbons (Fsp3) is 0.571. The zero-order valence-electron chi connectivity index (χ0n) is 11.8. The lowest BCUT2D eigenvalue weighted by atomic mass is 10.2. The van der Waals surface area contributed by atoms with Gasteiger partial charge in [0.05, 0.1) is 0 Å². The van der Waals surface area contributed by atoms with E-state index < -0.39 is 0 Å². The summed E-state index contributed by atoms with van der Waals surface area (Å²) < 4.78 is 0. The molecule has 1 aliphatic rings. The maximum atomic E-state index is 3.03. The lowest BCUT2D eigenvalue weighted by Crippen LogP contribution is -2.43. The molecule has 0 saturated carbocycles. The van der Waals surface area contributed by atoms with E-state index in [2.05, 4.69) is 65.0 Å². The predicted octanol–water partition coefficient (Wildman–Crippen LogP) is 0.974. The van der Waals surface area contributed by atoms with E-state index in [1.54, 1.807) is 0 Å². The largest absolute Gasteiger partial charge is 0.369 e. The number of nitrogens with zero attached hydrogens (tertiary/aromatic N) is 2. The van der Waals surface area contributed by atoms with Crippen LogP contribution in [0.1, 0.15) is 6.92 Å². The zero-order valence-corrected chi connectivity index (χ0v) is 11.8. The second-order valence-corrected chi connectivity index (χ2v) is 4.44. The van der Waals surface area contributed by atoms with Gasteiger partial charge in [-0.2, -0.15) is 0 Å². The van der Waals surface area contributed by atoms with Gasteiger partial charge in [-0.15, -0.1) is 0 Å². The molecule has 0 aliphatic carbocycles. The number of hydrogen-bond donors (Lipinski definition) is 2. The van der Waals surface area contributed by atoms with E-state index in [-0.39, 0.29) is 0 Å². The lowest BCUT2D eigenvalue weighted by Gasteiger charge is -2.34. The van der Waals surface area contributed by atoms with E-state index in [9.17, 15) is 0 Å². The molecule has 0 radical (unpaired) electrons. The molecule has 4 nitrogen and oxygen atoms in total. The van der Waals surface area contributed by atoms with Gasteiger partial charge in [0.2, 0.25) is 0 Å². The molecule has 1 heterocycles. The van der Waals surface area contributed by atoms with E-state index in [0.29, 0.717) is 0 Å². The van der Waals surface area contributed by atoms with Crippen LogP contribution in [0.25, 0.3) is 0 Å². The zero-order chi connectivity index (χ0) is 13.2. The first-order valence-corrected chi connectivity index (χ1v) is 6.60. The van der Waals surface area contributed by atoms with Crippen LogP contribution >= 0.6 is 0 Å². The Morgan fingerprint density at radius 1 is 1.22 bits per heavy atom. The topological polar surface area (TPSA) is 30.5 Å². The monoisotopic (exact) mass is 250 g/mol. The number of nitrogens with one attached hydrogen (secondary N) is 2. The number of hydrogen-bond acceptors (Lipinski definition) is 4. The summed E-state index contributed by atoms with van der Waals surface area (Å²) in [5, 5.41) is 0. The summed E-state index contributed by atoms with van der Waals surface area (Å²) in [7, 11) is 4.05. The molecular weight excluding hydrogens is 224 g/mol. The third-order valence-corrected chi connectivity index (χ3v) is 3.01. The molecule has 1 saturated heterocycles. The highest BCUT2D eigenvalue weighted by molar-refractivity contribution is 5.23. The smallest absolute Gasteiger partial charge is 0.0363 e. The van der Waals surface area contributed by atoms with Gasteiger partial charge in [0.15, 0.2) is 0 Å². The van der Waals surface area contributed by atoms with Crippen LogP contribution in [-0.2, 0) is 0 Å². The second-order valence-electron chi connectivity index (χ2n) is 4.44. The quantitative estimate of drug-likeness (QED) is 0.418. The molecule has 0 amide bonds. The molecule has 18 heavy (non-hydrogen) atoms. The van der Waals surface area contributed by atoms with Crippen molar-refractivity contribution in [2.45, 2.75) is 6.92 Å². The highest BCUT2D eigenvalue weighted by Crippen LogP contribution is 2.10. The Kier molecular flexibility index (Phi) is 7.41. The van der Waals surface area contributed by atoms with Crippen molar-refractivity contribution in [1.29, 1.82) is 0 Å². The Morgan fingerprint density at radius 3 is 2.56 bits per heavy atom. The van der Waals surface area contributed by atoms with Crippen molar-refractivity contribution < 1.29 is 0 Å². The number of rotatable bonds is 6. The maximum Gasteiger partial charge on any atom is 0.0363 e. The molecule has 0 atom stereocenters. The molecular formula is C14H26N4. The molecule has 1 fully saturated rings. The van der Waals surface area contributed by atoms with Gasteiger partial charge in [0.1, 0.15) is 0 Å². The normalized spacial score (nSPS) is 19.3. The van der Waals surface area contributed by atoms with Crippen LogP contribution in [0, 0.1) is 0 Å². The van der Waals surface area contributed by atoms with Crippen molar-refractivity contribution in [2.24, 2.45) is 0 Å². The number of likely N-dealkylation sites (N-methyl/N-ethyl adjacent to an activating group) is 1. The molecule has 0 bridgehead atoms. The molecule has 0 aromatic rings. The molecule has 4 heteroatoms. The van der Waals surface area contributed by atoms with Gasteiger partial charge >= 0.3 is 0 Å². The molecule has 0 aromatic carbocycles. The minimum absolute atomic E-state index is 0.832. The standard InChI is InChI=1S/C14H26N4/c1-4-7-14(8-5-6-9-16-15-2)18-12-10-17(3)11-13-18/h4-8,15-16H,9-13H2,1-3H3/b6-5+,7-4-,14-8+. The predicted molar refractivity (Wildman–Crippen MR) is 78.2 cm³/mol. The number of allylic oxidation sites excluding steroid dienone is 4. The van der Waals surface area contributed by atoms with Crippen molar-refractivity contribution in [1.82, 2.24) is 20.7 Å². The fourth-order valence-electron chi connectivity index (χ4n) is 1.90. The lowest BCUT2D eigenvalue weighted by molar-refractivity contribution is 0.190. The van der Waals surface area contributed by atoms with Crippen molar-refractivity contribution in [3.05, 3.63) is 36.1 Å². The molecule has 1 aliphatic heterocycles. The third kappa shape index (κ3) is 5.49. The van der Waals surface area contributed by atoms with Gasteiger partial charge in [0, 0.05) is 38.4 Å². The summed E-state index contributed by atoms with van der Waals surface area (Å²) in [4.78, 5) is 4.81. The summed E-state index contributed by atoms with van der Waals surface area (Å²) >= 11 is 0. The van der Waals surface area contributed by atoms with Crippen LogP contribution in [-0.4, -0.2) is 56.6 Å². The molecule has 1 rings (SSSR count). The first kappa shape index (κ1) is 15.0. The van der Waals surface area contributed by atoms with E-state index in [1.165, 1.54) is 5.70 Å². The Hall–Kier alpha value is -1.10. The van der Waals surface area contributed by atoms with Crippen LogP contribution in [0.5, 0.6) is 0 Å². The molecule has 0 unspecified atom stereocenters. The minimum atomic E-state index is 0.832. The van der Waals surface area contributed by atoms with Crippen LogP contribution in [0.2, 0.25) is 0 Å². The summed E-state index contributed by atoms with van der Waals surface area (Å²) in [6.45, 7) is 7.39. The van der Waals surface area contributed by atoms with Crippen LogP contribution in [0.3, 0.4) is 0 Å². The van der Waals surface area contributed by atoms with E-state index in [1.807, 2.05) is 7.05 Å². The van der Waals surface area contributed by atoms with Gasteiger partial charge in [-0.05, 0) is 33.2 Å². The average molecular weight is 250 g/mol. The van der Waals surface area contributed by atoms with Gasteiger partial charge in [-0.3, -0.25) is 10.9 Å². The Morgan fingerprint density at radius 2 is 1.94 bits per heavy atom. The highest BCUT2D eigenvalue weighted by Gasteiger charge is 2.13. The molecule has 0 aromatic heterocycles. The van der Waals surface area contributed by atoms with Crippen LogP contribution in [0.15, 0.2) is 36.1 Å². The fourth-order valence-corrected chi connectivity index (χ4v) is 1.90. The average Bonchev–Trinajstić information content (AvgIpc) is 2.38. The van der Waals surface area contributed by atoms with E-state index in [0.717, 1.165) is 32.7 Å². The number of hydrazine groups is 1. The SMILES string of the molecule is C\C=C/C(=C\C=C\CNNC)N1CCN(C)CC1. The first-order valence-electron chi connectivity index (χ1n) is 6.60. The minimum Gasteiger partial charge on any atom is -0.369 e. The van der Waals surface area contributed by atoms with Gasteiger partial charge < -0.3 is 9.80 Å². The summed E-state index contributed by atoms with van der Waals surface area (Å²) in [5.74, 6) is 0. The Labute approximate surface area is 111 Å². The van der Waals surface area contributed by atoms with Gasteiger partial charge in [-0.1, -0.05) is 18.2 Å².